The van der Waals surface area contributed by atoms with Crippen molar-refractivity contribution in [1.29, 1.82) is 0 Å². The van der Waals surface area contributed by atoms with Crippen LogP contribution in [-0.4, -0.2) is 48.9 Å². The number of urea groups is 1. The molecule has 0 N–H and O–H groups in total. The first-order valence-corrected chi connectivity index (χ1v) is 8.53. The van der Waals surface area contributed by atoms with Crippen LogP contribution in [0.1, 0.15) is 38.5 Å². The number of azide groups is 1. The van der Waals surface area contributed by atoms with Crippen molar-refractivity contribution in [2.24, 2.45) is 28.3 Å². The second kappa shape index (κ2) is 6.04. The van der Waals surface area contributed by atoms with E-state index in [0.717, 1.165) is 51.6 Å². The van der Waals surface area contributed by atoms with Crippen molar-refractivity contribution < 1.29 is 9.59 Å². The minimum atomic E-state index is -0.467. The first-order valence-electron chi connectivity index (χ1n) is 8.53. The average molecular weight is 319 g/mol. The van der Waals surface area contributed by atoms with Crippen LogP contribution in [0.4, 0.5) is 4.79 Å². The van der Waals surface area contributed by atoms with E-state index < -0.39 is 5.41 Å². The molecular weight excluding hydrogens is 294 g/mol. The molecule has 0 aromatic rings. The zero-order valence-corrected chi connectivity index (χ0v) is 13.9. The molecule has 3 amide bonds. The summed E-state index contributed by atoms with van der Waals surface area (Å²) in [5, 5.41) is 3.49. The molecule has 7 nitrogen and oxygen atoms in total. The molecule has 3 fully saturated rings. The van der Waals surface area contributed by atoms with Crippen LogP contribution in [0.25, 0.3) is 10.4 Å². The summed E-state index contributed by atoms with van der Waals surface area (Å²) in [6.07, 6.45) is 6.00. The van der Waals surface area contributed by atoms with Gasteiger partial charge in [-0.05, 0) is 54.1 Å². The highest BCUT2D eigenvalue weighted by atomic mass is 16.2. The van der Waals surface area contributed by atoms with E-state index >= 15 is 0 Å². The summed E-state index contributed by atoms with van der Waals surface area (Å²) >= 11 is 0. The van der Waals surface area contributed by atoms with E-state index in [0.29, 0.717) is 17.8 Å². The van der Waals surface area contributed by atoms with Crippen molar-refractivity contribution in [2.75, 3.05) is 27.2 Å². The number of carbonyl (C=O) groups is 2. The standard InChI is InChI=1S/C16H25N5O2/c1-20(2)15(23)21-9-11-7-16(8-12(11)10-21,14(22)18-19-17)13-5-3-4-6-13/h11-13H,3-10H2,1-2H3. The predicted octanol–water partition coefficient (Wildman–Crippen LogP) is 3.02. The monoisotopic (exact) mass is 319 g/mol. The quantitative estimate of drug-likeness (QED) is 0.445. The van der Waals surface area contributed by atoms with Crippen molar-refractivity contribution in [2.45, 2.75) is 38.5 Å². The van der Waals surface area contributed by atoms with Gasteiger partial charge in [-0.25, -0.2) is 4.79 Å². The Morgan fingerprint density at radius 2 is 1.74 bits per heavy atom. The molecule has 1 aliphatic heterocycles. The van der Waals surface area contributed by atoms with Gasteiger partial charge in [0.1, 0.15) is 0 Å². The van der Waals surface area contributed by atoms with Gasteiger partial charge in [0.2, 0.25) is 5.91 Å². The molecule has 1 heterocycles. The number of likely N-dealkylation sites (tertiary alicyclic amines) is 1. The van der Waals surface area contributed by atoms with Gasteiger partial charge >= 0.3 is 6.03 Å². The number of hydrogen-bond acceptors (Lipinski definition) is 2. The Balaban J connectivity index is 1.78. The minimum absolute atomic E-state index is 0.0484. The lowest BCUT2D eigenvalue weighted by Crippen LogP contribution is -2.40. The minimum Gasteiger partial charge on any atom is -0.331 e. The largest absolute Gasteiger partial charge is 0.331 e. The van der Waals surface area contributed by atoms with Crippen LogP contribution in [0, 0.1) is 23.2 Å². The molecule has 1 saturated heterocycles. The highest BCUT2D eigenvalue weighted by Crippen LogP contribution is 2.57. The van der Waals surface area contributed by atoms with E-state index in [1.54, 1.807) is 19.0 Å². The summed E-state index contributed by atoms with van der Waals surface area (Å²) in [7, 11) is 3.54. The molecule has 2 unspecified atom stereocenters. The molecule has 0 spiro atoms. The maximum atomic E-state index is 12.6. The second-order valence-electron chi connectivity index (χ2n) is 7.64. The Kier molecular flexibility index (Phi) is 4.23. The molecule has 2 aliphatic carbocycles. The van der Waals surface area contributed by atoms with Crippen molar-refractivity contribution >= 4 is 11.9 Å². The van der Waals surface area contributed by atoms with Gasteiger partial charge in [0.05, 0.1) is 0 Å². The molecule has 0 radical (unpaired) electrons. The lowest BCUT2D eigenvalue weighted by molar-refractivity contribution is -0.131. The van der Waals surface area contributed by atoms with Crippen molar-refractivity contribution in [3.63, 3.8) is 0 Å². The first-order chi connectivity index (χ1) is 11.0. The fourth-order valence-electron chi connectivity index (χ4n) is 5.16. The van der Waals surface area contributed by atoms with Crippen molar-refractivity contribution in [1.82, 2.24) is 9.80 Å². The number of fused-ring (bicyclic) bond motifs is 1. The Morgan fingerprint density at radius 1 is 1.17 bits per heavy atom. The number of hydrogen-bond donors (Lipinski definition) is 0. The van der Waals surface area contributed by atoms with E-state index in [1.165, 1.54) is 0 Å². The Morgan fingerprint density at radius 3 is 2.22 bits per heavy atom. The van der Waals surface area contributed by atoms with E-state index in [-0.39, 0.29) is 11.9 Å². The highest BCUT2D eigenvalue weighted by Gasteiger charge is 2.56. The molecule has 0 aromatic carbocycles. The molecule has 3 rings (SSSR count). The fraction of sp³-hybridized carbons (Fsp3) is 0.875. The van der Waals surface area contributed by atoms with Gasteiger partial charge in [-0.3, -0.25) is 4.79 Å². The average Bonchev–Trinajstić information content (AvgIpc) is 3.20. The first kappa shape index (κ1) is 16.1. The van der Waals surface area contributed by atoms with E-state index in [4.69, 9.17) is 5.53 Å². The number of rotatable bonds is 2. The Labute approximate surface area is 136 Å². The van der Waals surface area contributed by atoms with Crippen LogP contribution in [0.5, 0.6) is 0 Å². The van der Waals surface area contributed by atoms with Gasteiger partial charge in [-0.2, -0.15) is 0 Å². The van der Waals surface area contributed by atoms with Gasteiger partial charge in [-0.15, -0.1) is 0 Å². The normalized spacial score (nSPS) is 33.4. The molecule has 2 saturated carbocycles. The third kappa shape index (κ3) is 2.67. The smallest absolute Gasteiger partial charge is 0.319 e. The van der Waals surface area contributed by atoms with E-state index in [9.17, 15) is 9.59 Å². The van der Waals surface area contributed by atoms with Gasteiger partial charge in [0.15, 0.2) is 0 Å². The van der Waals surface area contributed by atoms with Gasteiger partial charge < -0.3 is 9.80 Å². The Hall–Kier alpha value is -1.75. The zero-order chi connectivity index (χ0) is 16.6. The maximum Gasteiger partial charge on any atom is 0.319 e. The summed E-state index contributed by atoms with van der Waals surface area (Å²) in [5.41, 5.74) is 8.25. The number of amides is 3. The molecule has 0 bridgehead atoms. The van der Waals surface area contributed by atoms with Crippen LogP contribution in [-0.2, 0) is 4.79 Å². The van der Waals surface area contributed by atoms with Crippen LogP contribution in [0.15, 0.2) is 5.11 Å². The molecule has 126 valence electrons. The second-order valence-corrected chi connectivity index (χ2v) is 7.64. The summed E-state index contributed by atoms with van der Waals surface area (Å²) in [6.45, 7) is 1.44. The molecule has 23 heavy (non-hydrogen) atoms. The zero-order valence-electron chi connectivity index (χ0n) is 13.9. The summed E-state index contributed by atoms with van der Waals surface area (Å²) in [5.74, 6) is 0.811. The Bertz CT molecular complexity index is 535. The van der Waals surface area contributed by atoms with Gasteiger partial charge in [-0.1, -0.05) is 12.8 Å². The maximum absolute atomic E-state index is 12.6. The van der Waals surface area contributed by atoms with E-state index in [2.05, 4.69) is 10.0 Å². The number of carbonyl (C=O) groups excluding carboxylic acids is 2. The molecule has 7 heteroatoms. The number of nitrogens with zero attached hydrogens (tertiary/aromatic N) is 5. The lowest BCUT2D eigenvalue weighted by Gasteiger charge is -2.34. The molecule has 0 aromatic heterocycles. The third-order valence-corrected chi connectivity index (χ3v) is 6.18. The van der Waals surface area contributed by atoms with E-state index in [1.807, 2.05) is 4.90 Å². The molecule has 3 aliphatic rings. The third-order valence-electron chi connectivity index (χ3n) is 6.18. The molecular formula is C16H25N5O2. The van der Waals surface area contributed by atoms with Crippen LogP contribution < -0.4 is 0 Å². The fourth-order valence-corrected chi connectivity index (χ4v) is 5.16. The van der Waals surface area contributed by atoms with Crippen LogP contribution >= 0.6 is 0 Å². The lowest BCUT2D eigenvalue weighted by atomic mass is 9.71. The SMILES string of the molecule is CN(C)C(=O)N1CC2CC(C(=O)N=[N+]=[N-])(C3CCCC3)CC2C1. The molecule has 2 atom stereocenters. The van der Waals surface area contributed by atoms with Crippen molar-refractivity contribution in [3.8, 4) is 0 Å². The van der Waals surface area contributed by atoms with Gasteiger partial charge in [0.25, 0.3) is 0 Å². The topological polar surface area (TPSA) is 89.4 Å². The van der Waals surface area contributed by atoms with Crippen LogP contribution in [0.2, 0.25) is 0 Å². The summed E-state index contributed by atoms with van der Waals surface area (Å²) in [4.78, 5) is 31.0. The summed E-state index contributed by atoms with van der Waals surface area (Å²) in [6, 6.07) is 0.0484. The predicted molar refractivity (Wildman–Crippen MR) is 85.4 cm³/mol. The van der Waals surface area contributed by atoms with Gasteiger partial charge in [0, 0.05) is 37.5 Å². The van der Waals surface area contributed by atoms with Crippen molar-refractivity contribution in [3.05, 3.63) is 10.4 Å². The van der Waals surface area contributed by atoms with Crippen LogP contribution in [0.3, 0.4) is 0 Å². The summed E-state index contributed by atoms with van der Waals surface area (Å²) < 4.78 is 0. The highest BCUT2D eigenvalue weighted by molar-refractivity contribution is 5.84.